The van der Waals surface area contributed by atoms with Crippen LogP contribution in [0.4, 0.5) is 13.2 Å². The van der Waals surface area contributed by atoms with E-state index >= 15 is 0 Å². The Kier molecular flexibility index (Phi) is 4.58. The highest BCUT2D eigenvalue weighted by atomic mass is 19.4. The number of nitriles is 1. The Balaban J connectivity index is 1.87. The van der Waals surface area contributed by atoms with Crippen LogP contribution in [-0.4, -0.2) is 23.0 Å². The lowest BCUT2D eigenvalue weighted by Crippen LogP contribution is -2.20. The van der Waals surface area contributed by atoms with E-state index in [9.17, 15) is 13.2 Å². The van der Waals surface area contributed by atoms with E-state index in [2.05, 4.69) is 5.10 Å². The summed E-state index contributed by atoms with van der Waals surface area (Å²) in [6.45, 7) is 2.15. The normalized spacial score (nSPS) is 16.1. The molecule has 1 aromatic carbocycles. The fraction of sp³-hybridized carbons (Fsp3) is 0.412. The molecule has 0 spiro atoms. The van der Waals surface area contributed by atoms with E-state index in [1.165, 1.54) is 12.3 Å². The number of rotatable bonds is 3. The molecular weight excluding hydrogens is 319 g/mol. The molecule has 2 aromatic rings. The van der Waals surface area contributed by atoms with E-state index in [-0.39, 0.29) is 11.1 Å². The molecule has 0 amide bonds. The largest absolute Gasteiger partial charge is 0.416 e. The molecule has 1 fully saturated rings. The molecule has 4 nitrogen and oxygen atoms in total. The number of benzene rings is 1. The van der Waals surface area contributed by atoms with Crippen LogP contribution < -0.4 is 0 Å². The standard InChI is InChI=1S/C17H16F3N3O/c18-17(19,20)15-2-1-13(8-21)16(7-15)14-9-22-23(11-14)10-12-3-5-24-6-4-12/h1-2,7,9,11-12H,3-6,10H2. The number of hydrogen-bond acceptors (Lipinski definition) is 3. The van der Waals surface area contributed by atoms with Crippen molar-refractivity contribution in [2.45, 2.75) is 25.6 Å². The Morgan fingerprint density at radius 1 is 1.29 bits per heavy atom. The van der Waals surface area contributed by atoms with Crippen molar-refractivity contribution in [2.75, 3.05) is 13.2 Å². The van der Waals surface area contributed by atoms with E-state index in [1.54, 1.807) is 10.9 Å². The molecule has 2 heterocycles. The topological polar surface area (TPSA) is 50.8 Å². The van der Waals surface area contributed by atoms with Gasteiger partial charge in [0.1, 0.15) is 0 Å². The molecule has 0 saturated carbocycles. The molecular formula is C17H16F3N3O. The Hall–Kier alpha value is -2.33. The SMILES string of the molecule is N#Cc1ccc(C(F)(F)F)cc1-c1cnn(CC2CCOCC2)c1. The maximum atomic E-state index is 12.9. The lowest BCUT2D eigenvalue weighted by Gasteiger charge is -2.21. The van der Waals surface area contributed by atoms with Crippen molar-refractivity contribution in [3.63, 3.8) is 0 Å². The summed E-state index contributed by atoms with van der Waals surface area (Å²) < 4.78 is 45.8. The van der Waals surface area contributed by atoms with Crippen molar-refractivity contribution in [1.82, 2.24) is 9.78 Å². The number of hydrogen-bond donors (Lipinski definition) is 0. The van der Waals surface area contributed by atoms with Crippen molar-refractivity contribution >= 4 is 0 Å². The number of aromatic nitrogens is 2. The van der Waals surface area contributed by atoms with Gasteiger partial charge in [-0.25, -0.2) is 0 Å². The van der Waals surface area contributed by atoms with E-state index < -0.39 is 11.7 Å². The van der Waals surface area contributed by atoms with E-state index in [4.69, 9.17) is 10.00 Å². The Labute approximate surface area is 137 Å². The molecule has 1 saturated heterocycles. The van der Waals surface area contributed by atoms with Crippen LogP contribution in [0.1, 0.15) is 24.0 Å². The quantitative estimate of drug-likeness (QED) is 0.856. The number of alkyl halides is 3. The molecule has 0 bridgehead atoms. The Morgan fingerprint density at radius 2 is 2.04 bits per heavy atom. The van der Waals surface area contributed by atoms with Gasteiger partial charge in [0.05, 0.1) is 23.4 Å². The predicted octanol–water partition coefficient (Wildman–Crippen LogP) is 3.87. The van der Waals surface area contributed by atoms with Crippen LogP contribution in [0.25, 0.3) is 11.1 Å². The van der Waals surface area contributed by atoms with Gasteiger partial charge in [-0.1, -0.05) is 0 Å². The zero-order chi connectivity index (χ0) is 17.2. The van der Waals surface area contributed by atoms with E-state index in [0.717, 1.165) is 38.2 Å². The average Bonchev–Trinajstić information content (AvgIpc) is 3.02. The monoisotopic (exact) mass is 335 g/mol. The molecule has 1 aliphatic heterocycles. The van der Waals surface area contributed by atoms with Crippen LogP contribution in [-0.2, 0) is 17.5 Å². The van der Waals surface area contributed by atoms with Crippen LogP contribution in [0, 0.1) is 17.2 Å². The summed E-state index contributed by atoms with van der Waals surface area (Å²) >= 11 is 0. The van der Waals surface area contributed by atoms with Gasteiger partial charge in [-0.2, -0.15) is 23.5 Å². The van der Waals surface area contributed by atoms with Gasteiger partial charge in [-0.15, -0.1) is 0 Å². The minimum absolute atomic E-state index is 0.202. The van der Waals surface area contributed by atoms with Crippen LogP contribution >= 0.6 is 0 Å². The smallest absolute Gasteiger partial charge is 0.381 e. The molecule has 0 aliphatic carbocycles. The maximum Gasteiger partial charge on any atom is 0.416 e. The fourth-order valence-electron chi connectivity index (χ4n) is 2.85. The van der Waals surface area contributed by atoms with Gasteiger partial charge in [0.25, 0.3) is 0 Å². The van der Waals surface area contributed by atoms with Crippen molar-refractivity contribution < 1.29 is 17.9 Å². The summed E-state index contributed by atoms with van der Waals surface area (Å²) in [6.07, 6.45) is 0.659. The highest BCUT2D eigenvalue weighted by Crippen LogP contribution is 2.34. The minimum Gasteiger partial charge on any atom is -0.381 e. The van der Waals surface area contributed by atoms with E-state index in [1.807, 2.05) is 6.07 Å². The van der Waals surface area contributed by atoms with Crippen molar-refractivity contribution in [3.8, 4) is 17.2 Å². The molecule has 0 radical (unpaired) electrons. The highest BCUT2D eigenvalue weighted by Gasteiger charge is 2.31. The predicted molar refractivity (Wildman–Crippen MR) is 80.9 cm³/mol. The third-order valence-corrected chi connectivity index (χ3v) is 4.20. The van der Waals surface area contributed by atoms with Gasteiger partial charge in [0.2, 0.25) is 0 Å². The summed E-state index contributed by atoms with van der Waals surface area (Å²) in [7, 11) is 0. The summed E-state index contributed by atoms with van der Waals surface area (Å²) in [6, 6.07) is 5.08. The summed E-state index contributed by atoms with van der Waals surface area (Å²) in [5.74, 6) is 0.448. The van der Waals surface area contributed by atoms with Gasteiger partial charge in [0.15, 0.2) is 0 Å². The zero-order valence-electron chi connectivity index (χ0n) is 12.9. The first kappa shape index (κ1) is 16.5. The van der Waals surface area contributed by atoms with Crippen LogP contribution in [0.15, 0.2) is 30.6 Å². The second-order valence-electron chi connectivity index (χ2n) is 5.88. The lowest BCUT2D eigenvalue weighted by atomic mass is 9.99. The number of ether oxygens (including phenoxy) is 1. The minimum atomic E-state index is -4.44. The third-order valence-electron chi connectivity index (χ3n) is 4.20. The van der Waals surface area contributed by atoms with E-state index in [0.29, 0.717) is 18.0 Å². The first-order valence-electron chi connectivity index (χ1n) is 7.69. The highest BCUT2D eigenvalue weighted by molar-refractivity contribution is 5.70. The second kappa shape index (κ2) is 6.65. The Morgan fingerprint density at radius 3 is 2.71 bits per heavy atom. The molecule has 24 heavy (non-hydrogen) atoms. The van der Waals surface area contributed by atoms with Crippen molar-refractivity contribution in [3.05, 3.63) is 41.7 Å². The first-order valence-corrected chi connectivity index (χ1v) is 7.69. The Bertz CT molecular complexity index is 755. The van der Waals surface area contributed by atoms with Gasteiger partial charge in [-0.05, 0) is 37.0 Å². The third kappa shape index (κ3) is 3.60. The number of nitrogens with zero attached hydrogens (tertiary/aromatic N) is 3. The molecule has 3 rings (SSSR count). The fourth-order valence-corrected chi connectivity index (χ4v) is 2.85. The summed E-state index contributed by atoms with van der Waals surface area (Å²) in [5.41, 5.74) is 0.206. The van der Waals surface area contributed by atoms with Gasteiger partial charge < -0.3 is 4.74 Å². The molecule has 0 N–H and O–H groups in total. The molecule has 0 unspecified atom stereocenters. The molecule has 7 heteroatoms. The summed E-state index contributed by atoms with van der Waals surface area (Å²) in [4.78, 5) is 0. The van der Waals surface area contributed by atoms with Crippen LogP contribution in [0.3, 0.4) is 0 Å². The zero-order valence-corrected chi connectivity index (χ0v) is 12.9. The number of halogens is 3. The molecule has 1 aliphatic rings. The van der Waals surface area contributed by atoms with Crippen molar-refractivity contribution in [2.24, 2.45) is 5.92 Å². The first-order chi connectivity index (χ1) is 11.5. The van der Waals surface area contributed by atoms with Gasteiger partial charge >= 0.3 is 6.18 Å². The lowest BCUT2D eigenvalue weighted by molar-refractivity contribution is -0.137. The second-order valence-corrected chi connectivity index (χ2v) is 5.88. The molecule has 126 valence electrons. The van der Waals surface area contributed by atoms with Crippen molar-refractivity contribution in [1.29, 1.82) is 5.26 Å². The average molecular weight is 335 g/mol. The van der Waals surface area contributed by atoms with Gasteiger partial charge in [-0.3, -0.25) is 4.68 Å². The molecule has 0 atom stereocenters. The van der Waals surface area contributed by atoms with Crippen LogP contribution in [0.2, 0.25) is 0 Å². The maximum absolute atomic E-state index is 12.9. The summed E-state index contributed by atoms with van der Waals surface area (Å²) in [5, 5.41) is 13.4. The van der Waals surface area contributed by atoms with Crippen LogP contribution in [0.5, 0.6) is 0 Å². The molecule has 1 aromatic heterocycles. The van der Waals surface area contributed by atoms with Gasteiger partial charge in [0, 0.05) is 37.1 Å².